The number of aryl methyl sites for hydroxylation is 1. The van der Waals surface area contributed by atoms with E-state index in [9.17, 15) is 9.59 Å². The standard InChI is InChI=1S/C28H35N5O3/c1-29-22-19-26(32(3)20-22)27(34)31(2)17-18-33-15-13-23(14-16-33)36-28(35)30-25-12-8-7-11-24(25)21-9-5-4-6-10-21/h4-12,19-20,23,29H,13-18H2,1-3H3,(H,30,35). The van der Waals surface area contributed by atoms with Crippen LogP contribution in [0.5, 0.6) is 0 Å². The first-order valence-corrected chi connectivity index (χ1v) is 12.4. The Bertz CT molecular complexity index is 1170. The predicted molar refractivity (Wildman–Crippen MR) is 143 cm³/mol. The number of nitrogens with zero attached hydrogens (tertiary/aromatic N) is 3. The molecule has 2 heterocycles. The average Bonchev–Trinajstić information content (AvgIpc) is 3.29. The molecule has 8 nitrogen and oxygen atoms in total. The minimum absolute atomic E-state index is 0.00433. The number of carbonyl (C=O) groups is 2. The fraction of sp³-hybridized carbons (Fsp3) is 0.357. The van der Waals surface area contributed by atoms with Crippen molar-refractivity contribution in [2.24, 2.45) is 7.05 Å². The van der Waals surface area contributed by atoms with Gasteiger partial charge in [-0.3, -0.25) is 10.1 Å². The van der Waals surface area contributed by atoms with Crippen LogP contribution < -0.4 is 10.6 Å². The van der Waals surface area contributed by atoms with Crippen LogP contribution in [-0.4, -0.2) is 72.7 Å². The van der Waals surface area contributed by atoms with Crippen molar-refractivity contribution < 1.29 is 14.3 Å². The van der Waals surface area contributed by atoms with E-state index in [1.54, 1.807) is 4.90 Å². The molecule has 1 saturated heterocycles. The van der Waals surface area contributed by atoms with Crippen LogP contribution in [-0.2, 0) is 11.8 Å². The molecule has 2 aromatic carbocycles. The van der Waals surface area contributed by atoms with E-state index in [2.05, 4.69) is 15.5 Å². The number of likely N-dealkylation sites (tertiary alicyclic amines) is 1. The molecule has 2 amide bonds. The minimum Gasteiger partial charge on any atom is -0.446 e. The van der Waals surface area contributed by atoms with Gasteiger partial charge in [-0.25, -0.2) is 4.79 Å². The van der Waals surface area contributed by atoms with E-state index in [1.807, 2.05) is 92.6 Å². The topological polar surface area (TPSA) is 78.8 Å². The van der Waals surface area contributed by atoms with Crippen molar-refractivity contribution >= 4 is 23.4 Å². The van der Waals surface area contributed by atoms with Gasteiger partial charge in [-0.15, -0.1) is 0 Å². The van der Waals surface area contributed by atoms with Gasteiger partial charge in [0.2, 0.25) is 0 Å². The second-order valence-electron chi connectivity index (χ2n) is 9.18. The molecule has 0 aliphatic carbocycles. The van der Waals surface area contributed by atoms with Gasteiger partial charge in [-0.1, -0.05) is 48.5 Å². The molecule has 0 saturated carbocycles. The van der Waals surface area contributed by atoms with E-state index >= 15 is 0 Å². The molecule has 0 bridgehead atoms. The van der Waals surface area contributed by atoms with Crippen LogP contribution in [0.1, 0.15) is 23.3 Å². The molecule has 4 rings (SSSR count). The average molecular weight is 490 g/mol. The summed E-state index contributed by atoms with van der Waals surface area (Å²) in [4.78, 5) is 29.5. The Hall–Kier alpha value is -3.78. The smallest absolute Gasteiger partial charge is 0.411 e. The molecule has 0 atom stereocenters. The number of anilines is 2. The number of aromatic nitrogens is 1. The predicted octanol–water partition coefficient (Wildman–Crippen LogP) is 4.52. The van der Waals surface area contributed by atoms with Crippen LogP contribution >= 0.6 is 0 Å². The highest BCUT2D eigenvalue weighted by atomic mass is 16.6. The van der Waals surface area contributed by atoms with Gasteiger partial charge in [-0.05, 0) is 30.5 Å². The molecule has 0 unspecified atom stereocenters. The molecule has 8 heteroatoms. The van der Waals surface area contributed by atoms with Crippen molar-refractivity contribution in [2.45, 2.75) is 18.9 Å². The summed E-state index contributed by atoms with van der Waals surface area (Å²) in [6.07, 6.45) is 2.91. The summed E-state index contributed by atoms with van der Waals surface area (Å²) in [5.74, 6) is 0.00433. The Morgan fingerprint density at radius 1 is 1.06 bits per heavy atom. The molecule has 1 fully saturated rings. The summed E-state index contributed by atoms with van der Waals surface area (Å²) >= 11 is 0. The van der Waals surface area contributed by atoms with E-state index in [-0.39, 0.29) is 12.0 Å². The minimum atomic E-state index is -0.425. The molecule has 190 valence electrons. The van der Waals surface area contributed by atoms with Crippen molar-refractivity contribution in [1.29, 1.82) is 0 Å². The number of amides is 2. The zero-order valence-electron chi connectivity index (χ0n) is 21.2. The maximum atomic E-state index is 12.8. The van der Waals surface area contributed by atoms with E-state index in [0.29, 0.717) is 12.2 Å². The molecule has 2 N–H and O–H groups in total. The number of carbonyl (C=O) groups excluding carboxylic acids is 2. The third-order valence-corrected chi connectivity index (χ3v) is 6.67. The van der Waals surface area contributed by atoms with Crippen LogP contribution in [0.4, 0.5) is 16.2 Å². The fourth-order valence-corrected chi connectivity index (χ4v) is 4.51. The van der Waals surface area contributed by atoms with E-state index in [1.165, 1.54) is 0 Å². The van der Waals surface area contributed by atoms with Crippen LogP contribution in [0.25, 0.3) is 11.1 Å². The van der Waals surface area contributed by atoms with Gasteiger partial charge in [0.25, 0.3) is 5.91 Å². The first-order chi connectivity index (χ1) is 17.4. The Balaban J connectivity index is 1.22. The summed E-state index contributed by atoms with van der Waals surface area (Å²) in [5, 5.41) is 5.99. The Labute approximate surface area is 212 Å². The highest BCUT2D eigenvalue weighted by Gasteiger charge is 2.24. The van der Waals surface area contributed by atoms with Crippen LogP contribution in [0.2, 0.25) is 0 Å². The number of likely N-dealkylation sites (N-methyl/N-ethyl adjacent to an activating group) is 1. The summed E-state index contributed by atoms with van der Waals surface area (Å²) in [6.45, 7) is 3.08. The van der Waals surface area contributed by atoms with E-state index < -0.39 is 6.09 Å². The van der Waals surface area contributed by atoms with Gasteiger partial charge in [0.15, 0.2) is 0 Å². The third kappa shape index (κ3) is 6.26. The zero-order chi connectivity index (χ0) is 25.5. The van der Waals surface area contributed by atoms with Gasteiger partial charge >= 0.3 is 6.09 Å². The molecular formula is C28H35N5O3. The number of ether oxygens (including phenoxy) is 1. The largest absolute Gasteiger partial charge is 0.446 e. The summed E-state index contributed by atoms with van der Waals surface area (Å²) in [6, 6.07) is 19.6. The molecule has 1 aliphatic heterocycles. The van der Waals surface area contributed by atoms with Crippen LogP contribution in [0, 0.1) is 0 Å². The molecule has 36 heavy (non-hydrogen) atoms. The lowest BCUT2D eigenvalue weighted by atomic mass is 10.0. The summed E-state index contributed by atoms with van der Waals surface area (Å²) < 4.78 is 7.58. The van der Waals surface area contributed by atoms with Gasteiger partial charge in [-0.2, -0.15) is 0 Å². The second-order valence-corrected chi connectivity index (χ2v) is 9.18. The van der Waals surface area contributed by atoms with Gasteiger partial charge in [0.1, 0.15) is 11.8 Å². The zero-order valence-corrected chi connectivity index (χ0v) is 21.2. The number of piperidine rings is 1. The highest BCUT2D eigenvalue weighted by Crippen LogP contribution is 2.28. The maximum absolute atomic E-state index is 12.8. The van der Waals surface area contributed by atoms with Crippen LogP contribution in [0.3, 0.4) is 0 Å². The Morgan fingerprint density at radius 2 is 1.75 bits per heavy atom. The molecule has 1 aliphatic rings. The highest BCUT2D eigenvalue weighted by molar-refractivity contribution is 5.94. The number of nitrogens with one attached hydrogen (secondary N) is 2. The lowest BCUT2D eigenvalue weighted by molar-refractivity contribution is 0.0538. The number of hydrogen-bond donors (Lipinski definition) is 2. The van der Waals surface area contributed by atoms with Crippen molar-refractivity contribution in [3.05, 3.63) is 72.6 Å². The van der Waals surface area contributed by atoms with E-state index in [4.69, 9.17) is 4.74 Å². The molecule has 0 radical (unpaired) electrons. The normalized spacial score (nSPS) is 14.3. The van der Waals surface area contributed by atoms with Gasteiger partial charge in [0, 0.05) is 59.1 Å². The molecular weight excluding hydrogens is 454 g/mol. The Kier molecular flexibility index (Phi) is 8.28. The first kappa shape index (κ1) is 25.3. The Morgan fingerprint density at radius 3 is 2.44 bits per heavy atom. The first-order valence-electron chi connectivity index (χ1n) is 12.4. The lowest BCUT2D eigenvalue weighted by Gasteiger charge is -2.32. The fourth-order valence-electron chi connectivity index (χ4n) is 4.51. The SMILES string of the molecule is CNc1cc(C(=O)N(C)CCN2CCC(OC(=O)Nc3ccccc3-c3ccccc3)CC2)n(C)c1. The van der Waals surface area contributed by atoms with Gasteiger partial charge in [0.05, 0.1) is 11.4 Å². The maximum Gasteiger partial charge on any atom is 0.411 e. The second kappa shape index (κ2) is 11.8. The van der Waals surface area contributed by atoms with Gasteiger partial charge < -0.3 is 24.4 Å². The van der Waals surface area contributed by atoms with Crippen molar-refractivity contribution in [3.8, 4) is 11.1 Å². The molecule has 1 aromatic heterocycles. The van der Waals surface area contributed by atoms with Crippen molar-refractivity contribution in [3.63, 3.8) is 0 Å². The third-order valence-electron chi connectivity index (χ3n) is 6.67. The van der Waals surface area contributed by atoms with Crippen molar-refractivity contribution in [1.82, 2.24) is 14.4 Å². The lowest BCUT2D eigenvalue weighted by Crippen LogP contribution is -2.42. The monoisotopic (exact) mass is 489 g/mol. The number of hydrogen-bond acceptors (Lipinski definition) is 5. The van der Waals surface area contributed by atoms with Crippen LogP contribution in [0.15, 0.2) is 66.9 Å². The number of benzene rings is 2. The quantitative estimate of drug-likeness (QED) is 0.487. The summed E-state index contributed by atoms with van der Waals surface area (Å²) in [5.41, 5.74) is 4.32. The van der Waals surface area contributed by atoms with Crippen molar-refractivity contribution in [2.75, 3.05) is 50.9 Å². The molecule has 0 spiro atoms. The number of rotatable bonds is 8. The molecule has 3 aromatic rings. The summed E-state index contributed by atoms with van der Waals surface area (Å²) in [7, 11) is 5.55. The number of para-hydroxylation sites is 1. The van der Waals surface area contributed by atoms with E-state index in [0.717, 1.165) is 55.0 Å².